The largest absolute Gasteiger partial charge is 0.412 e. The van der Waals surface area contributed by atoms with Gasteiger partial charge in [0.2, 0.25) is 0 Å². The SMILES string of the molecule is CN1B(c2c(-c3ccccc3)cccc2-c2ccccc2)N(C)c2cc(-c3ccnc(-c4cc(C(C)(C)C)c5ccccc5c4)c3)ccc21. The summed E-state index contributed by atoms with van der Waals surface area (Å²) in [6, 6.07) is 52.8. The zero-order valence-electron chi connectivity index (χ0n) is 28.9. The number of aromatic nitrogens is 1. The van der Waals surface area contributed by atoms with Crippen LogP contribution in [0.15, 0.2) is 152 Å². The lowest BCUT2D eigenvalue weighted by atomic mass is 9.60. The van der Waals surface area contributed by atoms with Crippen LogP contribution in [0.5, 0.6) is 0 Å². The number of benzene rings is 6. The Morgan fingerprint density at radius 3 is 1.80 bits per heavy atom. The summed E-state index contributed by atoms with van der Waals surface area (Å²) < 4.78 is 0. The van der Waals surface area contributed by atoms with Crippen LogP contribution < -0.4 is 15.1 Å². The van der Waals surface area contributed by atoms with Gasteiger partial charge in [0.15, 0.2) is 0 Å². The van der Waals surface area contributed by atoms with E-state index in [-0.39, 0.29) is 12.4 Å². The van der Waals surface area contributed by atoms with Crippen molar-refractivity contribution in [3.05, 3.63) is 157 Å². The first kappa shape index (κ1) is 30.7. The van der Waals surface area contributed by atoms with Gasteiger partial charge in [0.05, 0.1) is 5.69 Å². The Morgan fingerprint density at radius 2 is 1.12 bits per heavy atom. The fourth-order valence-electron chi connectivity index (χ4n) is 7.62. The van der Waals surface area contributed by atoms with Crippen molar-refractivity contribution in [2.24, 2.45) is 0 Å². The zero-order chi connectivity index (χ0) is 33.7. The molecular weight excluding hydrogens is 593 g/mol. The standard InChI is InChI=1S/C45H40BN3/c1-45(2,3)40-28-36(27-35-19-12-13-20-37(35)40)41-29-34(25-26-47-41)33-23-24-42-43(30-33)49(5)46(48(42)4)44-38(31-15-8-6-9-16-31)21-14-22-39(44)32-17-10-7-11-18-32/h6-30H,1-5H3. The number of rotatable bonds is 5. The minimum absolute atomic E-state index is 0.0123. The molecule has 0 spiro atoms. The topological polar surface area (TPSA) is 19.4 Å². The smallest absolute Gasteiger partial charge is 0.393 e. The second kappa shape index (κ2) is 12.1. The van der Waals surface area contributed by atoms with E-state index in [1.54, 1.807) is 0 Å². The summed E-state index contributed by atoms with van der Waals surface area (Å²) in [4.78, 5) is 9.74. The summed E-state index contributed by atoms with van der Waals surface area (Å²) in [5, 5.41) is 2.55. The minimum Gasteiger partial charge on any atom is -0.393 e. The molecule has 1 aromatic heterocycles. The number of hydrogen-bond donors (Lipinski definition) is 0. The normalized spacial score (nSPS) is 12.9. The van der Waals surface area contributed by atoms with Crippen LogP contribution in [0.2, 0.25) is 0 Å². The first-order valence-electron chi connectivity index (χ1n) is 17.1. The molecule has 0 atom stereocenters. The first-order valence-corrected chi connectivity index (χ1v) is 17.1. The Kier molecular flexibility index (Phi) is 7.60. The molecule has 0 amide bonds. The van der Waals surface area contributed by atoms with Crippen LogP contribution in [-0.4, -0.2) is 26.1 Å². The van der Waals surface area contributed by atoms with Gasteiger partial charge in [-0.2, -0.15) is 0 Å². The molecule has 0 saturated heterocycles. The molecule has 0 saturated carbocycles. The lowest BCUT2D eigenvalue weighted by Crippen LogP contribution is -2.55. The third-order valence-electron chi connectivity index (χ3n) is 10.1. The van der Waals surface area contributed by atoms with Gasteiger partial charge in [-0.3, -0.25) is 4.98 Å². The number of hydrogen-bond acceptors (Lipinski definition) is 3. The van der Waals surface area contributed by atoms with E-state index in [1.807, 2.05) is 6.20 Å². The van der Waals surface area contributed by atoms with Crippen LogP contribution in [0.1, 0.15) is 26.3 Å². The molecule has 49 heavy (non-hydrogen) atoms. The quantitative estimate of drug-likeness (QED) is 0.176. The summed E-state index contributed by atoms with van der Waals surface area (Å²) >= 11 is 0. The maximum atomic E-state index is 4.87. The van der Waals surface area contributed by atoms with Gasteiger partial charge in [-0.25, -0.2) is 0 Å². The van der Waals surface area contributed by atoms with E-state index in [0.717, 1.165) is 16.8 Å². The molecule has 0 fully saturated rings. The van der Waals surface area contributed by atoms with Gasteiger partial charge in [0.1, 0.15) is 0 Å². The lowest BCUT2D eigenvalue weighted by Gasteiger charge is -2.28. The van der Waals surface area contributed by atoms with Crippen LogP contribution in [-0.2, 0) is 5.41 Å². The van der Waals surface area contributed by atoms with Gasteiger partial charge in [0.25, 0.3) is 0 Å². The van der Waals surface area contributed by atoms with Crippen LogP contribution in [0, 0.1) is 0 Å². The van der Waals surface area contributed by atoms with Crippen molar-refractivity contribution in [1.82, 2.24) is 4.98 Å². The van der Waals surface area contributed by atoms with Crippen molar-refractivity contribution in [1.29, 1.82) is 0 Å². The molecule has 1 aliphatic rings. The van der Waals surface area contributed by atoms with Crippen LogP contribution in [0.4, 0.5) is 11.4 Å². The van der Waals surface area contributed by atoms with E-state index in [2.05, 4.69) is 190 Å². The van der Waals surface area contributed by atoms with Crippen molar-refractivity contribution in [3.63, 3.8) is 0 Å². The van der Waals surface area contributed by atoms with Gasteiger partial charge in [0, 0.05) is 23.1 Å². The van der Waals surface area contributed by atoms with Gasteiger partial charge in [-0.15, -0.1) is 0 Å². The lowest BCUT2D eigenvalue weighted by molar-refractivity contribution is 0.596. The fourth-order valence-corrected chi connectivity index (χ4v) is 7.62. The molecule has 6 aromatic carbocycles. The molecule has 0 N–H and O–H groups in total. The molecule has 7 aromatic rings. The third-order valence-corrected chi connectivity index (χ3v) is 10.1. The Hall–Kier alpha value is -5.61. The van der Waals surface area contributed by atoms with E-state index in [9.17, 15) is 0 Å². The van der Waals surface area contributed by atoms with Crippen molar-refractivity contribution >= 4 is 34.6 Å². The molecule has 2 heterocycles. The van der Waals surface area contributed by atoms with E-state index < -0.39 is 0 Å². The maximum Gasteiger partial charge on any atom is 0.412 e. The monoisotopic (exact) mass is 633 g/mol. The number of nitrogens with zero attached hydrogens (tertiary/aromatic N) is 3. The Labute approximate surface area is 290 Å². The highest BCUT2D eigenvalue weighted by molar-refractivity contribution is 6.84. The van der Waals surface area contributed by atoms with E-state index in [0.29, 0.717) is 0 Å². The average molecular weight is 634 g/mol. The van der Waals surface area contributed by atoms with Gasteiger partial charge < -0.3 is 9.62 Å². The molecule has 1 aliphatic heterocycles. The predicted octanol–water partition coefficient (Wildman–Crippen LogP) is 10.5. The summed E-state index contributed by atoms with van der Waals surface area (Å²) in [6.45, 7) is 6.87. The molecular formula is C45H40BN3. The molecule has 0 radical (unpaired) electrons. The molecule has 0 aliphatic carbocycles. The maximum absolute atomic E-state index is 4.87. The van der Waals surface area contributed by atoms with Crippen LogP contribution >= 0.6 is 0 Å². The number of anilines is 2. The van der Waals surface area contributed by atoms with Crippen molar-refractivity contribution < 1.29 is 0 Å². The summed E-state index contributed by atoms with van der Waals surface area (Å²) in [5.41, 5.74) is 14.5. The summed E-state index contributed by atoms with van der Waals surface area (Å²) in [7, 11) is 4.45. The molecule has 4 heteroatoms. The highest BCUT2D eigenvalue weighted by atomic mass is 15.3. The van der Waals surface area contributed by atoms with Gasteiger partial charge >= 0.3 is 6.98 Å². The van der Waals surface area contributed by atoms with Crippen LogP contribution in [0.25, 0.3) is 55.4 Å². The zero-order valence-corrected chi connectivity index (χ0v) is 28.9. The van der Waals surface area contributed by atoms with E-state index in [4.69, 9.17) is 4.98 Å². The number of fused-ring (bicyclic) bond motifs is 2. The van der Waals surface area contributed by atoms with E-state index in [1.165, 1.54) is 61.0 Å². The molecule has 0 unspecified atom stereocenters. The molecule has 0 bridgehead atoms. The minimum atomic E-state index is 0.0123. The summed E-state index contributed by atoms with van der Waals surface area (Å²) in [6.07, 6.45) is 1.95. The predicted molar refractivity (Wildman–Crippen MR) is 211 cm³/mol. The Morgan fingerprint density at radius 1 is 0.510 bits per heavy atom. The third kappa shape index (κ3) is 5.48. The van der Waals surface area contributed by atoms with E-state index >= 15 is 0 Å². The number of pyridine rings is 1. The second-order valence-electron chi connectivity index (χ2n) is 14.2. The first-order chi connectivity index (χ1) is 23.8. The molecule has 238 valence electrons. The summed E-state index contributed by atoms with van der Waals surface area (Å²) in [5.74, 6) is 0. The average Bonchev–Trinajstić information content (AvgIpc) is 3.39. The van der Waals surface area contributed by atoms with Crippen LogP contribution in [0.3, 0.4) is 0 Å². The highest BCUT2D eigenvalue weighted by Crippen LogP contribution is 2.42. The Balaban J connectivity index is 1.21. The second-order valence-corrected chi connectivity index (χ2v) is 14.2. The molecule has 3 nitrogen and oxygen atoms in total. The molecule has 8 rings (SSSR count). The highest BCUT2D eigenvalue weighted by Gasteiger charge is 2.41. The Bertz CT molecular complexity index is 2250. The fraction of sp³-hybridized carbons (Fsp3) is 0.133. The van der Waals surface area contributed by atoms with Gasteiger partial charge in [-0.1, -0.05) is 130 Å². The van der Waals surface area contributed by atoms with Crippen molar-refractivity contribution in [2.75, 3.05) is 23.7 Å². The van der Waals surface area contributed by atoms with Crippen molar-refractivity contribution in [3.8, 4) is 44.6 Å². The van der Waals surface area contributed by atoms with Gasteiger partial charge in [-0.05, 0) is 111 Å². The van der Waals surface area contributed by atoms with Crippen molar-refractivity contribution in [2.45, 2.75) is 26.2 Å².